The third-order valence-electron chi connectivity index (χ3n) is 5.11. The van der Waals surface area contributed by atoms with Crippen LogP contribution >= 0.6 is 0 Å². The highest BCUT2D eigenvalue weighted by atomic mass is 32.2. The molecule has 2 aliphatic heterocycles. The van der Waals surface area contributed by atoms with E-state index >= 15 is 0 Å². The Kier molecular flexibility index (Phi) is 7.23. The normalized spacial score (nSPS) is 21.5. The Morgan fingerprint density at radius 1 is 1.21 bits per heavy atom. The molecule has 1 atom stereocenters. The van der Waals surface area contributed by atoms with E-state index < -0.39 is 10.0 Å². The number of benzene rings is 1. The zero-order valence-electron chi connectivity index (χ0n) is 16.3. The number of hydrogen-bond donors (Lipinski definition) is 1. The van der Waals surface area contributed by atoms with Crippen LogP contribution in [0.3, 0.4) is 0 Å². The van der Waals surface area contributed by atoms with Crippen LogP contribution in [0.25, 0.3) is 6.08 Å². The van der Waals surface area contributed by atoms with Crippen LogP contribution in [0.1, 0.15) is 25.3 Å². The third kappa shape index (κ3) is 5.64. The molecule has 28 heavy (non-hydrogen) atoms. The molecule has 0 spiro atoms. The van der Waals surface area contributed by atoms with Crippen molar-refractivity contribution in [1.82, 2.24) is 14.5 Å². The molecule has 2 heterocycles. The van der Waals surface area contributed by atoms with Gasteiger partial charge < -0.3 is 9.64 Å². The second kappa shape index (κ2) is 9.65. The molecule has 0 radical (unpaired) electrons. The van der Waals surface area contributed by atoms with Gasteiger partial charge in [-0.15, -0.1) is 0 Å². The van der Waals surface area contributed by atoms with Gasteiger partial charge in [-0.05, 0) is 36.6 Å². The van der Waals surface area contributed by atoms with Gasteiger partial charge in [0.05, 0.1) is 11.0 Å². The number of hydrogen-bond acceptors (Lipinski definition) is 5. The minimum absolute atomic E-state index is 0.0129. The number of carbonyl (C=O) groups excluding carboxylic acids is 1. The number of nitrogens with one attached hydrogen (secondary N) is 1. The topological polar surface area (TPSA) is 79.0 Å². The fourth-order valence-corrected chi connectivity index (χ4v) is 4.57. The molecule has 7 nitrogen and oxygen atoms in total. The number of ether oxygens (including phenoxy) is 1. The Morgan fingerprint density at radius 3 is 2.54 bits per heavy atom. The van der Waals surface area contributed by atoms with Crippen LogP contribution in [-0.4, -0.2) is 76.1 Å². The van der Waals surface area contributed by atoms with Gasteiger partial charge in [0.15, 0.2) is 0 Å². The van der Waals surface area contributed by atoms with Gasteiger partial charge in [-0.25, -0.2) is 13.1 Å². The summed E-state index contributed by atoms with van der Waals surface area (Å²) in [5, 5.41) is 0. The molecule has 0 bridgehead atoms. The largest absolute Gasteiger partial charge is 0.377 e. The van der Waals surface area contributed by atoms with E-state index in [-0.39, 0.29) is 10.8 Å². The second-order valence-electron chi connectivity index (χ2n) is 7.16. The van der Waals surface area contributed by atoms with Gasteiger partial charge in [0.1, 0.15) is 0 Å². The van der Waals surface area contributed by atoms with Gasteiger partial charge in [-0.2, -0.15) is 0 Å². The first-order valence-corrected chi connectivity index (χ1v) is 11.4. The number of nitrogens with zero attached hydrogens (tertiary/aromatic N) is 2. The zero-order chi connectivity index (χ0) is 20.0. The molecule has 0 saturated carbocycles. The Morgan fingerprint density at radius 2 is 1.93 bits per heavy atom. The van der Waals surface area contributed by atoms with Crippen molar-refractivity contribution in [3.8, 4) is 0 Å². The summed E-state index contributed by atoms with van der Waals surface area (Å²) >= 11 is 0. The summed E-state index contributed by atoms with van der Waals surface area (Å²) in [6.45, 7) is 7.09. The SMILES string of the molecule is CCNS(=O)(=O)c1ccc(/C=C/C(=O)N2CCN(CC3CCCO3)CC2)cc1. The highest BCUT2D eigenvalue weighted by Crippen LogP contribution is 2.15. The van der Waals surface area contributed by atoms with Gasteiger partial charge in [0.2, 0.25) is 15.9 Å². The van der Waals surface area contributed by atoms with Gasteiger partial charge in [-0.3, -0.25) is 9.69 Å². The first-order chi connectivity index (χ1) is 13.5. The maximum absolute atomic E-state index is 12.4. The number of sulfonamides is 1. The van der Waals surface area contributed by atoms with Crippen molar-refractivity contribution in [2.24, 2.45) is 0 Å². The maximum Gasteiger partial charge on any atom is 0.246 e. The van der Waals surface area contributed by atoms with E-state index in [0.29, 0.717) is 12.6 Å². The Bertz CT molecular complexity index is 778. The van der Waals surface area contributed by atoms with E-state index in [1.165, 1.54) is 0 Å². The van der Waals surface area contributed by atoms with Crippen LogP contribution in [0.2, 0.25) is 0 Å². The summed E-state index contributed by atoms with van der Waals surface area (Å²) in [6.07, 6.45) is 5.92. The summed E-state index contributed by atoms with van der Waals surface area (Å²) in [6, 6.07) is 6.50. The summed E-state index contributed by atoms with van der Waals surface area (Å²) in [5.74, 6) is -0.0129. The standard InChI is InChI=1S/C20H29N3O4S/c1-2-21-28(25,26)19-8-5-17(6-9-19)7-10-20(24)23-13-11-22(12-14-23)16-18-4-3-15-27-18/h5-10,18,21H,2-4,11-16H2,1H3/b10-7+. The van der Waals surface area contributed by atoms with Crippen molar-refractivity contribution in [2.75, 3.05) is 45.9 Å². The van der Waals surface area contributed by atoms with Crippen LogP contribution in [0.15, 0.2) is 35.2 Å². The molecule has 2 fully saturated rings. The van der Waals surface area contributed by atoms with E-state index in [4.69, 9.17) is 4.74 Å². The number of amides is 1. The Hall–Kier alpha value is -1.74. The van der Waals surface area contributed by atoms with E-state index in [0.717, 1.165) is 57.7 Å². The predicted molar refractivity (Wildman–Crippen MR) is 108 cm³/mol. The fourth-order valence-electron chi connectivity index (χ4n) is 3.53. The maximum atomic E-state index is 12.4. The van der Waals surface area contributed by atoms with E-state index in [9.17, 15) is 13.2 Å². The van der Waals surface area contributed by atoms with Crippen molar-refractivity contribution in [1.29, 1.82) is 0 Å². The van der Waals surface area contributed by atoms with Crippen LogP contribution < -0.4 is 4.72 Å². The molecule has 8 heteroatoms. The number of carbonyl (C=O) groups is 1. The highest BCUT2D eigenvalue weighted by Gasteiger charge is 2.24. The van der Waals surface area contributed by atoms with Crippen LogP contribution in [0.5, 0.6) is 0 Å². The third-order valence-corrected chi connectivity index (χ3v) is 6.67. The van der Waals surface area contributed by atoms with E-state index in [1.54, 1.807) is 43.3 Å². The average molecular weight is 408 g/mol. The zero-order valence-corrected chi connectivity index (χ0v) is 17.2. The fraction of sp³-hybridized carbons (Fsp3) is 0.550. The summed E-state index contributed by atoms with van der Waals surface area (Å²) in [5.41, 5.74) is 0.792. The molecule has 2 saturated heterocycles. The Balaban J connectivity index is 1.48. The Labute approximate surface area is 167 Å². The van der Waals surface area contributed by atoms with Gasteiger partial charge in [0, 0.05) is 52.0 Å². The minimum atomic E-state index is -3.45. The summed E-state index contributed by atoms with van der Waals surface area (Å²) in [7, 11) is -3.45. The second-order valence-corrected chi connectivity index (χ2v) is 8.93. The van der Waals surface area contributed by atoms with Crippen molar-refractivity contribution in [3.63, 3.8) is 0 Å². The summed E-state index contributed by atoms with van der Waals surface area (Å²) in [4.78, 5) is 16.9. The first kappa shape index (κ1) is 21.0. The first-order valence-electron chi connectivity index (χ1n) is 9.88. The minimum Gasteiger partial charge on any atom is -0.377 e. The van der Waals surface area contributed by atoms with Gasteiger partial charge in [-0.1, -0.05) is 19.1 Å². The molecule has 1 N–H and O–H groups in total. The van der Waals surface area contributed by atoms with Crippen molar-refractivity contribution in [2.45, 2.75) is 30.8 Å². The number of piperazine rings is 1. The molecule has 1 amide bonds. The van der Waals surface area contributed by atoms with Gasteiger partial charge in [0.25, 0.3) is 0 Å². The lowest BCUT2D eigenvalue weighted by molar-refractivity contribution is -0.127. The highest BCUT2D eigenvalue weighted by molar-refractivity contribution is 7.89. The molecule has 0 aromatic heterocycles. The summed E-state index contributed by atoms with van der Waals surface area (Å²) < 4.78 is 32.0. The van der Waals surface area contributed by atoms with Crippen LogP contribution in [-0.2, 0) is 19.6 Å². The smallest absolute Gasteiger partial charge is 0.246 e. The molecule has 1 unspecified atom stereocenters. The van der Waals surface area contributed by atoms with Crippen molar-refractivity contribution in [3.05, 3.63) is 35.9 Å². The molecule has 2 aliphatic rings. The molecular weight excluding hydrogens is 378 g/mol. The monoisotopic (exact) mass is 407 g/mol. The molecule has 3 rings (SSSR count). The molecule has 154 valence electrons. The lowest BCUT2D eigenvalue weighted by Crippen LogP contribution is -2.50. The van der Waals surface area contributed by atoms with E-state index in [2.05, 4.69) is 9.62 Å². The van der Waals surface area contributed by atoms with Crippen LogP contribution in [0.4, 0.5) is 0 Å². The predicted octanol–water partition coefficient (Wildman–Crippen LogP) is 1.32. The average Bonchev–Trinajstić information content (AvgIpc) is 3.20. The molecule has 0 aliphatic carbocycles. The van der Waals surface area contributed by atoms with Gasteiger partial charge >= 0.3 is 0 Å². The van der Waals surface area contributed by atoms with E-state index in [1.807, 2.05) is 4.90 Å². The molecule has 1 aromatic carbocycles. The molecular formula is C20H29N3O4S. The molecule has 1 aromatic rings. The number of rotatable bonds is 7. The van der Waals surface area contributed by atoms with Crippen molar-refractivity contribution < 1.29 is 17.9 Å². The van der Waals surface area contributed by atoms with Crippen molar-refractivity contribution >= 4 is 22.0 Å². The quantitative estimate of drug-likeness (QED) is 0.690. The van der Waals surface area contributed by atoms with Crippen LogP contribution in [0, 0.1) is 0 Å². The lowest BCUT2D eigenvalue weighted by atomic mass is 10.2. The lowest BCUT2D eigenvalue weighted by Gasteiger charge is -2.35.